The fourth-order valence-electron chi connectivity index (χ4n) is 2.69. The second-order valence-electron chi connectivity index (χ2n) is 5.71. The van der Waals surface area contributed by atoms with Crippen LogP contribution < -0.4 is 5.32 Å². The first kappa shape index (κ1) is 18.5. The molecule has 1 rings (SSSR count). The Morgan fingerprint density at radius 3 is 2.23 bits per heavy atom. The first-order valence-electron chi connectivity index (χ1n) is 7.61. The third-order valence-corrected chi connectivity index (χ3v) is 4.42. The molecule has 1 amide bonds. The van der Waals surface area contributed by atoms with Gasteiger partial charge < -0.3 is 10.4 Å². The van der Waals surface area contributed by atoms with E-state index >= 15 is 0 Å². The number of halogens is 1. The first-order chi connectivity index (χ1) is 10.4. The summed E-state index contributed by atoms with van der Waals surface area (Å²) < 4.78 is 0. The molecule has 4 nitrogen and oxygen atoms in total. The highest BCUT2D eigenvalue weighted by Gasteiger charge is 2.36. The Kier molecular flexibility index (Phi) is 6.88. The van der Waals surface area contributed by atoms with Crippen molar-refractivity contribution in [2.45, 2.75) is 45.4 Å². The summed E-state index contributed by atoms with van der Waals surface area (Å²) in [5.74, 6) is -1.01. The van der Waals surface area contributed by atoms with Crippen molar-refractivity contribution < 1.29 is 14.7 Å². The molecule has 0 spiro atoms. The molecule has 0 radical (unpaired) electrons. The number of carbonyl (C=O) groups excluding carboxylic acids is 1. The molecule has 0 aliphatic rings. The summed E-state index contributed by atoms with van der Waals surface area (Å²) >= 11 is 5.92. The predicted molar refractivity (Wildman–Crippen MR) is 88.1 cm³/mol. The Labute approximate surface area is 136 Å². The van der Waals surface area contributed by atoms with Gasteiger partial charge in [0, 0.05) is 18.0 Å². The normalized spacial score (nSPS) is 12.7. The average Bonchev–Trinajstić information content (AvgIpc) is 2.48. The van der Waals surface area contributed by atoms with Crippen molar-refractivity contribution in [1.29, 1.82) is 0 Å². The standard InChI is InChI=1S/C17H24ClNO3/c1-4-17(5-2,13-6-8-14(18)9-7-13)16(22)19-11-12(3)10-15(20)21/h6-9,12H,4-5,10-11H2,1-3H3,(H,19,22)(H,20,21). The molecule has 0 aromatic heterocycles. The first-order valence-corrected chi connectivity index (χ1v) is 7.99. The molecule has 0 aliphatic heterocycles. The van der Waals surface area contributed by atoms with Crippen LogP contribution in [-0.2, 0) is 15.0 Å². The molecule has 5 heteroatoms. The van der Waals surface area contributed by atoms with Crippen LogP contribution in [0.5, 0.6) is 0 Å². The summed E-state index contributed by atoms with van der Waals surface area (Å²) in [6.45, 7) is 6.15. The highest BCUT2D eigenvalue weighted by atomic mass is 35.5. The maximum atomic E-state index is 12.7. The van der Waals surface area contributed by atoms with E-state index in [0.717, 1.165) is 5.56 Å². The molecular formula is C17H24ClNO3. The third kappa shape index (κ3) is 4.47. The second-order valence-corrected chi connectivity index (χ2v) is 6.15. The third-order valence-electron chi connectivity index (χ3n) is 4.17. The van der Waals surface area contributed by atoms with Crippen molar-refractivity contribution >= 4 is 23.5 Å². The summed E-state index contributed by atoms with van der Waals surface area (Å²) in [5.41, 5.74) is 0.332. The second kappa shape index (κ2) is 8.18. The number of carboxylic acid groups (broad SMARTS) is 1. The Bertz CT molecular complexity index is 509. The number of hydrogen-bond donors (Lipinski definition) is 2. The molecule has 0 heterocycles. The number of benzene rings is 1. The van der Waals surface area contributed by atoms with Crippen LogP contribution in [0.2, 0.25) is 5.02 Å². The molecule has 0 saturated heterocycles. The molecular weight excluding hydrogens is 302 g/mol. The van der Waals surface area contributed by atoms with Crippen molar-refractivity contribution in [1.82, 2.24) is 5.32 Å². The van der Waals surface area contributed by atoms with Gasteiger partial charge in [0.15, 0.2) is 0 Å². The lowest BCUT2D eigenvalue weighted by Gasteiger charge is -2.31. The summed E-state index contributed by atoms with van der Waals surface area (Å²) in [6.07, 6.45) is 1.39. The fourth-order valence-corrected chi connectivity index (χ4v) is 2.81. The summed E-state index contributed by atoms with van der Waals surface area (Å²) in [7, 11) is 0. The van der Waals surface area contributed by atoms with E-state index in [2.05, 4.69) is 5.32 Å². The highest BCUT2D eigenvalue weighted by molar-refractivity contribution is 6.30. The van der Waals surface area contributed by atoms with Gasteiger partial charge in [-0.3, -0.25) is 9.59 Å². The molecule has 1 atom stereocenters. The Balaban J connectivity index is 2.87. The van der Waals surface area contributed by atoms with Gasteiger partial charge in [0.1, 0.15) is 0 Å². The van der Waals surface area contributed by atoms with Gasteiger partial charge >= 0.3 is 5.97 Å². The van der Waals surface area contributed by atoms with Crippen LogP contribution in [-0.4, -0.2) is 23.5 Å². The van der Waals surface area contributed by atoms with E-state index in [9.17, 15) is 9.59 Å². The maximum Gasteiger partial charge on any atom is 0.303 e. The van der Waals surface area contributed by atoms with E-state index in [1.165, 1.54) is 0 Å². The number of rotatable bonds is 8. The summed E-state index contributed by atoms with van der Waals surface area (Å²) in [5, 5.41) is 12.3. The lowest BCUT2D eigenvalue weighted by Crippen LogP contribution is -2.45. The Morgan fingerprint density at radius 1 is 1.23 bits per heavy atom. The number of carboxylic acids is 1. The Morgan fingerprint density at radius 2 is 1.77 bits per heavy atom. The zero-order valence-corrected chi connectivity index (χ0v) is 14.1. The topological polar surface area (TPSA) is 66.4 Å². The number of hydrogen-bond acceptors (Lipinski definition) is 2. The molecule has 0 aliphatic carbocycles. The maximum absolute atomic E-state index is 12.7. The van der Waals surface area contributed by atoms with E-state index in [-0.39, 0.29) is 18.2 Å². The van der Waals surface area contributed by atoms with Gasteiger partial charge in [-0.25, -0.2) is 0 Å². The molecule has 0 saturated carbocycles. The SMILES string of the molecule is CCC(CC)(C(=O)NCC(C)CC(=O)O)c1ccc(Cl)cc1. The van der Waals surface area contributed by atoms with Crippen LogP contribution >= 0.6 is 11.6 Å². The van der Waals surface area contributed by atoms with E-state index in [0.29, 0.717) is 24.4 Å². The smallest absolute Gasteiger partial charge is 0.303 e. The quantitative estimate of drug-likeness (QED) is 0.767. The van der Waals surface area contributed by atoms with Gasteiger partial charge in [0.2, 0.25) is 5.91 Å². The zero-order chi connectivity index (χ0) is 16.8. The van der Waals surface area contributed by atoms with Crippen molar-refractivity contribution in [3.63, 3.8) is 0 Å². The summed E-state index contributed by atoms with van der Waals surface area (Å²) in [4.78, 5) is 23.4. The van der Waals surface area contributed by atoms with Crippen LogP contribution in [0.1, 0.15) is 45.6 Å². The molecule has 1 aromatic carbocycles. The molecule has 2 N–H and O–H groups in total. The van der Waals surface area contributed by atoms with E-state index < -0.39 is 11.4 Å². The van der Waals surface area contributed by atoms with Crippen LogP contribution in [0.4, 0.5) is 0 Å². The van der Waals surface area contributed by atoms with Crippen molar-refractivity contribution in [3.8, 4) is 0 Å². The minimum absolute atomic E-state index is 0.0481. The van der Waals surface area contributed by atoms with Gasteiger partial charge in [0.05, 0.1) is 5.41 Å². The molecule has 0 fully saturated rings. The van der Waals surface area contributed by atoms with Crippen molar-refractivity contribution in [2.24, 2.45) is 5.92 Å². The molecule has 122 valence electrons. The van der Waals surface area contributed by atoms with E-state index in [4.69, 9.17) is 16.7 Å². The van der Waals surface area contributed by atoms with Gasteiger partial charge in [-0.1, -0.05) is 44.5 Å². The van der Waals surface area contributed by atoms with Crippen LogP contribution in [0.25, 0.3) is 0 Å². The minimum atomic E-state index is -0.850. The van der Waals surface area contributed by atoms with Crippen LogP contribution in [0.3, 0.4) is 0 Å². The number of nitrogens with one attached hydrogen (secondary N) is 1. The number of aliphatic carboxylic acids is 1. The largest absolute Gasteiger partial charge is 0.481 e. The fraction of sp³-hybridized carbons (Fsp3) is 0.529. The van der Waals surface area contributed by atoms with E-state index in [1.54, 1.807) is 12.1 Å². The average molecular weight is 326 g/mol. The zero-order valence-electron chi connectivity index (χ0n) is 13.4. The summed E-state index contributed by atoms with van der Waals surface area (Å²) in [6, 6.07) is 7.35. The molecule has 1 unspecified atom stereocenters. The molecule has 1 aromatic rings. The monoisotopic (exact) mass is 325 g/mol. The van der Waals surface area contributed by atoms with E-state index in [1.807, 2.05) is 32.9 Å². The molecule has 22 heavy (non-hydrogen) atoms. The number of amides is 1. The highest BCUT2D eigenvalue weighted by Crippen LogP contribution is 2.32. The molecule has 0 bridgehead atoms. The number of carbonyl (C=O) groups is 2. The van der Waals surface area contributed by atoms with Gasteiger partial charge in [-0.05, 0) is 36.5 Å². The van der Waals surface area contributed by atoms with Crippen LogP contribution in [0.15, 0.2) is 24.3 Å². The minimum Gasteiger partial charge on any atom is -0.481 e. The lowest BCUT2D eigenvalue weighted by atomic mass is 9.75. The van der Waals surface area contributed by atoms with Gasteiger partial charge in [0.25, 0.3) is 0 Å². The van der Waals surface area contributed by atoms with Crippen molar-refractivity contribution in [2.75, 3.05) is 6.54 Å². The van der Waals surface area contributed by atoms with Gasteiger partial charge in [-0.2, -0.15) is 0 Å². The van der Waals surface area contributed by atoms with Gasteiger partial charge in [-0.15, -0.1) is 0 Å². The Hall–Kier alpha value is -1.55. The lowest BCUT2D eigenvalue weighted by molar-refractivity contribution is -0.138. The van der Waals surface area contributed by atoms with Crippen LogP contribution in [0, 0.1) is 5.92 Å². The van der Waals surface area contributed by atoms with Crippen molar-refractivity contribution in [3.05, 3.63) is 34.9 Å². The predicted octanol–water partition coefficient (Wildman–Crippen LogP) is 3.62.